The zero-order valence-electron chi connectivity index (χ0n) is 16.2. The molecule has 4 rings (SSSR count). The maximum Gasteiger partial charge on any atom is 0.353 e. The van der Waals surface area contributed by atoms with Crippen LogP contribution < -0.4 is 15.4 Å². The van der Waals surface area contributed by atoms with E-state index in [-0.39, 0.29) is 17.3 Å². The van der Waals surface area contributed by atoms with Crippen LogP contribution in [-0.2, 0) is 0 Å². The molecule has 0 aliphatic heterocycles. The number of hydrogen-bond acceptors (Lipinski definition) is 9. The van der Waals surface area contributed by atoms with Crippen molar-refractivity contribution in [3.05, 3.63) is 64.5 Å². The summed E-state index contributed by atoms with van der Waals surface area (Å²) < 4.78 is 6.40. The van der Waals surface area contributed by atoms with E-state index in [1.807, 2.05) is 32.0 Å². The van der Waals surface area contributed by atoms with Crippen LogP contribution in [0.5, 0.6) is 5.75 Å². The molecule has 0 aliphatic carbocycles. The number of benzene rings is 2. The highest BCUT2D eigenvalue weighted by molar-refractivity contribution is 7.22. The van der Waals surface area contributed by atoms with Crippen LogP contribution in [0.4, 0.5) is 28.1 Å². The Morgan fingerprint density at radius 1 is 1.10 bits per heavy atom. The van der Waals surface area contributed by atoms with E-state index in [0.29, 0.717) is 23.2 Å². The van der Waals surface area contributed by atoms with Crippen LogP contribution in [0.2, 0.25) is 0 Å². The summed E-state index contributed by atoms with van der Waals surface area (Å²) in [6, 6.07) is 13.0. The van der Waals surface area contributed by atoms with E-state index in [9.17, 15) is 10.1 Å². The second-order valence-corrected chi connectivity index (χ2v) is 7.36. The molecular formula is C20H18N6O3S. The minimum Gasteiger partial charge on any atom is -0.494 e. The minimum absolute atomic E-state index is 0.0696. The first kappa shape index (κ1) is 19.5. The lowest BCUT2D eigenvalue weighted by Crippen LogP contribution is -2.05. The van der Waals surface area contributed by atoms with Crippen LogP contribution >= 0.6 is 11.3 Å². The van der Waals surface area contributed by atoms with Gasteiger partial charge in [0.15, 0.2) is 5.13 Å². The number of fused-ring (bicyclic) bond motifs is 1. The molecule has 0 fully saturated rings. The van der Waals surface area contributed by atoms with Gasteiger partial charge in [-0.25, -0.2) is 15.0 Å². The Bertz CT molecular complexity index is 1210. The van der Waals surface area contributed by atoms with Crippen molar-refractivity contribution < 1.29 is 9.66 Å². The third kappa shape index (κ3) is 3.98. The molecule has 30 heavy (non-hydrogen) atoms. The van der Waals surface area contributed by atoms with Crippen molar-refractivity contribution in [1.82, 2.24) is 15.0 Å². The van der Waals surface area contributed by atoms with Crippen LogP contribution in [0.3, 0.4) is 0 Å². The summed E-state index contributed by atoms with van der Waals surface area (Å²) in [5.41, 5.74) is 2.27. The lowest BCUT2D eigenvalue weighted by molar-refractivity contribution is -0.383. The predicted octanol–water partition coefficient (Wildman–Crippen LogP) is 5.19. The maximum atomic E-state index is 11.8. The lowest BCUT2D eigenvalue weighted by atomic mass is 10.2. The second kappa shape index (κ2) is 8.29. The molecule has 0 unspecified atom stereocenters. The number of nitrogens with zero attached hydrogens (tertiary/aromatic N) is 4. The van der Waals surface area contributed by atoms with Gasteiger partial charge in [-0.3, -0.25) is 10.1 Å². The highest BCUT2D eigenvalue weighted by Crippen LogP contribution is 2.35. The lowest BCUT2D eigenvalue weighted by Gasteiger charge is -2.09. The molecule has 0 aliphatic rings. The molecule has 4 aromatic rings. The molecule has 2 N–H and O–H groups in total. The first-order chi connectivity index (χ1) is 14.5. The number of para-hydroxylation sites is 1. The van der Waals surface area contributed by atoms with Gasteiger partial charge >= 0.3 is 5.69 Å². The first-order valence-electron chi connectivity index (χ1n) is 9.17. The Morgan fingerprint density at radius 2 is 1.83 bits per heavy atom. The monoisotopic (exact) mass is 422 g/mol. The number of nitrogens with one attached hydrogen (secondary N) is 2. The molecule has 0 saturated carbocycles. The van der Waals surface area contributed by atoms with Gasteiger partial charge in [0.05, 0.1) is 21.7 Å². The number of aromatic nitrogens is 3. The first-order valence-corrected chi connectivity index (χ1v) is 9.99. The van der Waals surface area contributed by atoms with Crippen molar-refractivity contribution in [3.63, 3.8) is 0 Å². The van der Waals surface area contributed by atoms with Gasteiger partial charge in [0.2, 0.25) is 11.6 Å². The Labute approximate surface area is 175 Å². The van der Waals surface area contributed by atoms with Crippen molar-refractivity contribution >= 4 is 49.7 Å². The summed E-state index contributed by atoms with van der Waals surface area (Å²) >= 11 is 1.40. The molecule has 9 nitrogen and oxygen atoms in total. The largest absolute Gasteiger partial charge is 0.494 e. The fourth-order valence-corrected chi connectivity index (χ4v) is 3.86. The van der Waals surface area contributed by atoms with Gasteiger partial charge in [0.25, 0.3) is 0 Å². The average Bonchev–Trinajstić information content (AvgIpc) is 3.13. The van der Waals surface area contributed by atoms with E-state index >= 15 is 0 Å². The third-order valence-electron chi connectivity index (χ3n) is 4.28. The van der Waals surface area contributed by atoms with E-state index in [1.165, 1.54) is 17.7 Å². The quantitative estimate of drug-likeness (QED) is 0.309. The Kier molecular flexibility index (Phi) is 5.40. The van der Waals surface area contributed by atoms with Gasteiger partial charge < -0.3 is 15.4 Å². The van der Waals surface area contributed by atoms with Gasteiger partial charge in [-0.2, -0.15) is 0 Å². The van der Waals surface area contributed by atoms with E-state index in [2.05, 4.69) is 25.6 Å². The summed E-state index contributed by atoms with van der Waals surface area (Å²) in [5, 5.41) is 18.3. The summed E-state index contributed by atoms with van der Waals surface area (Å²) in [6.07, 6.45) is 1.27. The fraction of sp³-hybridized carbons (Fsp3) is 0.150. The van der Waals surface area contributed by atoms with E-state index < -0.39 is 4.92 Å². The minimum atomic E-state index is -0.516. The predicted molar refractivity (Wildman–Crippen MR) is 117 cm³/mol. The van der Waals surface area contributed by atoms with Crippen LogP contribution in [-0.4, -0.2) is 26.5 Å². The Balaban J connectivity index is 1.65. The van der Waals surface area contributed by atoms with Gasteiger partial charge in [0, 0.05) is 5.69 Å². The number of nitro groups is 1. The summed E-state index contributed by atoms with van der Waals surface area (Å²) in [7, 11) is 0. The van der Waals surface area contributed by atoms with Crippen molar-refractivity contribution in [1.29, 1.82) is 0 Å². The highest BCUT2D eigenvalue weighted by Gasteiger charge is 2.24. The normalized spacial score (nSPS) is 10.7. The molecule has 0 radical (unpaired) electrons. The van der Waals surface area contributed by atoms with Gasteiger partial charge in [-0.1, -0.05) is 23.5 Å². The van der Waals surface area contributed by atoms with Crippen molar-refractivity contribution in [2.75, 3.05) is 17.2 Å². The molecule has 2 heterocycles. The van der Waals surface area contributed by atoms with Crippen molar-refractivity contribution in [2.45, 2.75) is 13.8 Å². The van der Waals surface area contributed by atoms with Crippen LogP contribution in [0.15, 0.2) is 48.8 Å². The Hall–Kier alpha value is -3.79. The molecule has 10 heteroatoms. The fourth-order valence-electron chi connectivity index (χ4n) is 2.91. The molecule has 2 aromatic carbocycles. The highest BCUT2D eigenvalue weighted by atomic mass is 32.1. The maximum absolute atomic E-state index is 11.8. The van der Waals surface area contributed by atoms with Gasteiger partial charge in [-0.05, 0) is 49.7 Å². The molecule has 0 amide bonds. The van der Waals surface area contributed by atoms with Crippen molar-refractivity contribution in [3.8, 4) is 5.75 Å². The van der Waals surface area contributed by atoms with Gasteiger partial charge in [-0.15, -0.1) is 0 Å². The van der Waals surface area contributed by atoms with E-state index in [1.54, 1.807) is 24.3 Å². The standard InChI is InChI=1S/C20H18N6O3S/c1-3-29-14-9-7-13(8-10-14)23-18-17(26(27)28)19(22-11-21-18)25-20-24-16-12(2)5-4-6-15(16)30-20/h4-11H,3H2,1-2H3,(H2,21,22,23,24,25). The number of thiazole rings is 1. The molecule has 0 bridgehead atoms. The SMILES string of the molecule is CCOc1ccc(Nc2ncnc(Nc3nc4c(C)cccc4s3)c2[N+](=O)[O-])cc1. The topological polar surface area (TPSA) is 115 Å². The zero-order chi connectivity index (χ0) is 21.1. The molecule has 0 spiro atoms. The molecule has 2 aromatic heterocycles. The number of ether oxygens (including phenoxy) is 1. The van der Waals surface area contributed by atoms with Crippen LogP contribution in [0, 0.1) is 17.0 Å². The average molecular weight is 422 g/mol. The summed E-state index contributed by atoms with van der Waals surface area (Å²) in [6.45, 7) is 4.43. The third-order valence-corrected chi connectivity index (χ3v) is 5.22. The second-order valence-electron chi connectivity index (χ2n) is 6.32. The number of hydrogen-bond donors (Lipinski definition) is 2. The molecule has 152 valence electrons. The number of aryl methyl sites for hydroxylation is 1. The van der Waals surface area contributed by atoms with E-state index in [4.69, 9.17) is 4.74 Å². The van der Waals surface area contributed by atoms with E-state index in [0.717, 1.165) is 15.8 Å². The van der Waals surface area contributed by atoms with Crippen molar-refractivity contribution in [2.24, 2.45) is 0 Å². The molecular weight excluding hydrogens is 404 g/mol. The van der Waals surface area contributed by atoms with Crippen LogP contribution in [0.1, 0.15) is 12.5 Å². The zero-order valence-corrected chi connectivity index (χ0v) is 17.1. The van der Waals surface area contributed by atoms with Crippen LogP contribution in [0.25, 0.3) is 10.2 Å². The number of anilines is 4. The van der Waals surface area contributed by atoms with Gasteiger partial charge in [0.1, 0.15) is 12.1 Å². The summed E-state index contributed by atoms with van der Waals surface area (Å²) in [5.74, 6) is 0.868. The number of rotatable bonds is 7. The molecule has 0 atom stereocenters. The smallest absolute Gasteiger partial charge is 0.353 e. The Morgan fingerprint density at radius 3 is 2.50 bits per heavy atom. The molecule has 0 saturated heterocycles. The summed E-state index contributed by atoms with van der Waals surface area (Å²) in [4.78, 5) is 24.0.